The van der Waals surface area contributed by atoms with Gasteiger partial charge in [0.15, 0.2) is 0 Å². The smallest absolute Gasteiger partial charge is 0.140 e. The van der Waals surface area contributed by atoms with Crippen LogP contribution in [0.3, 0.4) is 0 Å². The van der Waals surface area contributed by atoms with E-state index < -0.39 is 0 Å². The van der Waals surface area contributed by atoms with E-state index in [1.165, 1.54) is 5.56 Å². The molecule has 1 aromatic heterocycles. The Morgan fingerprint density at radius 1 is 1.62 bits per heavy atom. The van der Waals surface area contributed by atoms with Gasteiger partial charge in [0.25, 0.3) is 0 Å². The molecular weight excluding hydrogens is 180 g/mol. The maximum absolute atomic E-state index is 8.62. The van der Waals surface area contributed by atoms with E-state index in [4.69, 9.17) is 5.26 Å². The molecule has 0 saturated carbocycles. The van der Waals surface area contributed by atoms with E-state index in [0.29, 0.717) is 10.9 Å². The second-order valence-corrected chi connectivity index (χ2v) is 4.59. The van der Waals surface area contributed by atoms with Crippen LogP contribution in [0.1, 0.15) is 25.1 Å². The number of pyridine rings is 1. The molecule has 0 bridgehead atoms. The topological polar surface area (TPSA) is 36.7 Å². The van der Waals surface area contributed by atoms with Gasteiger partial charge >= 0.3 is 0 Å². The number of rotatable bonds is 3. The molecule has 1 heterocycles. The third kappa shape index (κ3) is 3.47. The molecule has 0 fully saturated rings. The van der Waals surface area contributed by atoms with Crippen molar-refractivity contribution >= 4 is 11.8 Å². The van der Waals surface area contributed by atoms with Crippen LogP contribution in [-0.4, -0.2) is 10.2 Å². The third-order valence-electron chi connectivity index (χ3n) is 1.52. The molecule has 1 rings (SSSR count). The zero-order chi connectivity index (χ0) is 9.68. The van der Waals surface area contributed by atoms with Crippen molar-refractivity contribution in [1.82, 2.24) is 4.98 Å². The highest BCUT2D eigenvalue weighted by molar-refractivity contribution is 7.99. The number of hydrogen-bond acceptors (Lipinski definition) is 3. The summed E-state index contributed by atoms with van der Waals surface area (Å²) in [5, 5.41) is 9.24. The summed E-state index contributed by atoms with van der Waals surface area (Å²) in [7, 11) is 0. The molecule has 13 heavy (non-hydrogen) atoms. The van der Waals surface area contributed by atoms with Gasteiger partial charge < -0.3 is 0 Å². The van der Waals surface area contributed by atoms with Gasteiger partial charge in [-0.3, -0.25) is 0 Å². The van der Waals surface area contributed by atoms with E-state index in [2.05, 4.69) is 18.8 Å². The normalized spacial score (nSPS) is 10.0. The summed E-state index contributed by atoms with van der Waals surface area (Å²) in [4.78, 5) is 3.91. The molecule has 0 amide bonds. The zero-order valence-corrected chi connectivity index (χ0v) is 8.64. The summed E-state index contributed by atoms with van der Waals surface area (Å²) in [5.41, 5.74) is 1.67. The van der Waals surface area contributed by atoms with Crippen LogP contribution >= 0.6 is 11.8 Å². The molecule has 0 spiro atoms. The van der Waals surface area contributed by atoms with Crippen LogP contribution in [0.15, 0.2) is 18.3 Å². The largest absolute Gasteiger partial charge is 0.246 e. The van der Waals surface area contributed by atoms with Crippen molar-refractivity contribution in [3.05, 3.63) is 29.6 Å². The van der Waals surface area contributed by atoms with E-state index in [1.54, 1.807) is 6.20 Å². The van der Waals surface area contributed by atoms with Gasteiger partial charge in [-0.1, -0.05) is 13.8 Å². The van der Waals surface area contributed by atoms with Crippen LogP contribution in [0.2, 0.25) is 0 Å². The first-order valence-corrected chi connectivity index (χ1v) is 5.24. The Morgan fingerprint density at radius 2 is 2.38 bits per heavy atom. The van der Waals surface area contributed by atoms with Crippen LogP contribution in [0, 0.1) is 11.3 Å². The lowest BCUT2D eigenvalue weighted by Crippen LogP contribution is -1.90. The van der Waals surface area contributed by atoms with Crippen LogP contribution < -0.4 is 0 Å². The van der Waals surface area contributed by atoms with E-state index >= 15 is 0 Å². The zero-order valence-electron chi connectivity index (χ0n) is 7.82. The van der Waals surface area contributed by atoms with Crippen molar-refractivity contribution < 1.29 is 0 Å². The Hall–Kier alpha value is -1.01. The predicted molar refractivity (Wildman–Crippen MR) is 55.4 cm³/mol. The highest BCUT2D eigenvalue weighted by Crippen LogP contribution is 2.16. The first-order valence-electron chi connectivity index (χ1n) is 4.19. The molecule has 1 aromatic rings. The molecule has 0 unspecified atom stereocenters. The van der Waals surface area contributed by atoms with Crippen LogP contribution in [0.25, 0.3) is 0 Å². The molecule has 0 aliphatic heterocycles. The van der Waals surface area contributed by atoms with Gasteiger partial charge in [-0.15, -0.1) is 0 Å². The van der Waals surface area contributed by atoms with Crippen molar-refractivity contribution in [3.8, 4) is 6.07 Å². The van der Waals surface area contributed by atoms with Crippen LogP contribution in [0.4, 0.5) is 0 Å². The number of nitriles is 1. The molecule has 0 aromatic carbocycles. The monoisotopic (exact) mass is 192 g/mol. The first kappa shape index (κ1) is 10.1. The third-order valence-corrected chi connectivity index (χ3v) is 2.69. The van der Waals surface area contributed by atoms with Crippen LogP contribution in [0.5, 0.6) is 0 Å². The van der Waals surface area contributed by atoms with E-state index in [0.717, 1.165) is 5.75 Å². The summed E-state index contributed by atoms with van der Waals surface area (Å²) in [5.74, 6) is 0.953. The Morgan fingerprint density at radius 3 is 3.00 bits per heavy atom. The number of nitrogens with zero attached hydrogens (tertiary/aromatic N) is 2. The summed E-state index contributed by atoms with van der Waals surface area (Å²) in [6, 6.07) is 5.83. The lowest BCUT2D eigenvalue weighted by Gasteiger charge is -2.03. The molecule has 2 nitrogen and oxygen atoms in total. The summed E-state index contributed by atoms with van der Waals surface area (Å²) < 4.78 is 0. The highest BCUT2D eigenvalue weighted by atomic mass is 32.2. The molecule has 3 heteroatoms. The number of thioether (sulfide) groups is 1. The van der Waals surface area contributed by atoms with Gasteiger partial charge in [0.1, 0.15) is 11.8 Å². The highest BCUT2D eigenvalue weighted by Gasteiger charge is 1.98. The lowest BCUT2D eigenvalue weighted by molar-refractivity contribution is 1.11. The van der Waals surface area contributed by atoms with Crippen LogP contribution in [-0.2, 0) is 5.75 Å². The number of aromatic nitrogens is 1. The predicted octanol–water partition coefficient (Wildman–Crippen LogP) is 2.59. The van der Waals surface area contributed by atoms with E-state index in [1.807, 2.05) is 30.0 Å². The Labute approximate surface area is 83.0 Å². The minimum Gasteiger partial charge on any atom is -0.246 e. The molecular formula is C10H12N2S. The summed E-state index contributed by atoms with van der Waals surface area (Å²) >= 11 is 1.87. The lowest BCUT2D eigenvalue weighted by atomic mass is 10.2. The van der Waals surface area contributed by atoms with Crippen molar-refractivity contribution in [2.45, 2.75) is 24.9 Å². The van der Waals surface area contributed by atoms with Gasteiger partial charge in [0.2, 0.25) is 0 Å². The minimum atomic E-state index is 0.502. The fourth-order valence-electron chi connectivity index (χ4n) is 0.888. The van der Waals surface area contributed by atoms with Crippen molar-refractivity contribution in [1.29, 1.82) is 5.26 Å². The molecule has 0 aliphatic rings. The van der Waals surface area contributed by atoms with Gasteiger partial charge in [0.05, 0.1) is 0 Å². The van der Waals surface area contributed by atoms with Gasteiger partial charge in [-0.25, -0.2) is 4.98 Å². The fraction of sp³-hybridized carbons (Fsp3) is 0.400. The quantitative estimate of drug-likeness (QED) is 0.738. The van der Waals surface area contributed by atoms with E-state index in [-0.39, 0.29) is 0 Å². The minimum absolute atomic E-state index is 0.502. The second-order valence-electron chi connectivity index (χ2n) is 3.02. The standard InChI is InChI=1S/C10H12N2S/c1-8(2)13-7-9-3-4-12-10(5-9)6-11/h3-5,8H,7H2,1-2H3. The Bertz CT molecular complexity index is 315. The second kappa shape index (κ2) is 4.88. The van der Waals surface area contributed by atoms with Crippen molar-refractivity contribution in [3.63, 3.8) is 0 Å². The maximum Gasteiger partial charge on any atom is 0.140 e. The Balaban J connectivity index is 2.63. The van der Waals surface area contributed by atoms with Gasteiger partial charge in [-0.2, -0.15) is 17.0 Å². The Kier molecular flexibility index (Phi) is 3.78. The molecule has 0 aliphatic carbocycles. The summed E-state index contributed by atoms with van der Waals surface area (Å²) in [6.07, 6.45) is 1.69. The molecule has 68 valence electrons. The van der Waals surface area contributed by atoms with Gasteiger partial charge in [-0.05, 0) is 22.9 Å². The molecule has 0 N–H and O–H groups in total. The molecule has 0 radical (unpaired) electrons. The van der Waals surface area contributed by atoms with Gasteiger partial charge in [0, 0.05) is 11.9 Å². The maximum atomic E-state index is 8.62. The number of hydrogen-bond donors (Lipinski definition) is 0. The first-order chi connectivity index (χ1) is 6.22. The fourth-order valence-corrected chi connectivity index (χ4v) is 1.59. The average molecular weight is 192 g/mol. The SMILES string of the molecule is CC(C)SCc1ccnc(C#N)c1. The molecule has 0 atom stereocenters. The van der Waals surface area contributed by atoms with E-state index in [9.17, 15) is 0 Å². The average Bonchev–Trinajstić information content (AvgIpc) is 2.15. The van der Waals surface area contributed by atoms with Crippen molar-refractivity contribution in [2.75, 3.05) is 0 Å². The molecule has 0 saturated heterocycles. The summed E-state index contributed by atoms with van der Waals surface area (Å²) in [6.45, 7) is 4.33. The van der Waals surface area contributed by atoms with Crippen molar-refractivity contribution in [2.24, 2.45) is 0 Å².